The molecule has 0 radical (unpaired) electrons. The Labute approximate surface area is 137 Å². The number of rotatable bonds is 3. The van der Waals surface area contributed by atoms with Crippen molar-refractivity contribution < 1.29 is 0 Å². The van der Waals surface area contributed by atoms with E-state index in [2.05, 4.69) is 50.3 Å². The standard InChI is InChI=1S/C18H14N4S/c1-19-18-15-5-4-12(14-6-8-23-11-14)9-16(15)21-17(22-18)13-3-2-7-20-10-13/h2-11H,1H3,(H,19,21,22). The second-order valence-electron chi connectivity index (χ2n) is 5.13. The minimum Gasteiger partial charge on any atom is -0.373 e. The fraction of sp³-hybridized carbons (Fsp3) is 0.0556. The first-order valence-corrected chi connectivity index (χ1v) is 8.22. The van der Waals surface area contributed by atoms with Crippen LogP contribution in [0.5, 0.6) is 0 Å². The van der Waals surface area contributed by atoms with Gasteiger partial charge in [-0.15, -0.1) is 0 Å². The van der Waals surface area contributed by atoms with Crippen LogP contribution in [0.1, 0.15) is 0 Å². The molecule has 0 bridgehead atoms. The molecule has 4 aromatic rings. The fourth-order valence-electron chi connectivity index (χ4n) is 2.55. The third-order valence-corrected chi connectivity index (χ3v) is 4.39. The molecule has 3 heterocycles. The van der Waals surface area contributed by atoms with E-state index in [-0.39, 0.29) is 0 Å². The maximum absolute atomic E-state index is 4.74. The molecule has 0 unspecified atom stereocenters. The van der Waals surface area contributed by atoms with Gasteiger partial charge >= 0.3 is 0 Å². The van der Waals surface area contributed by atoms with E-state index in [4.69, 9.17) is 4.98 Å². The monoisotopic (exact) mass is 318 g/mol. The van der Waals surface area contributed by atoms with Crippen LogP contribution in [-0.4, -0.2) is 22.0 Å². The predicted octanol–water partition coefficient (Wildman–Crippen LogP) is 4.46. The van der Waals surface area contributed by atoms with E-state index in [1.165, 1.54) is 5.56 Å². The van der Waals surface area contributed by atoms with Crippen molar-refractivity contribution in [2.24, 2.45) is 0 Å². The van der Waals surface area contributed by atoms with Gasteiger partial charge in [0.05, 0.1) is 5.52 Å². The smallest absolute Gasteiger partial charge is 0.163 e. The topological polar surface area (TPSA) is 50.7 Å². The van der Waals surface area contributed by atoms with E-state index in [1.54, 1.807) is 23.7 Å². The molecule has 4 nitrogen and oxygen atoms in total. The molecular weight excluding hydrogens is 304 g/mol. The molecule has 0 aliphatic rings. The van der Waals surface area contributed by atoms with Crippen molar-refractivity contribution in [1.82, 2.24) is 15.0 Å². The second-order valence-corrected chi connectivity index (χ2v) is 5.91. The lowest BCUT2D eigenvalue weighted by Crippen LogP contribution is -1.99. The first-order chi connectivity index (χ1) is 11.3. The Morgan fingerprint density at radius 3 is 2.70 bits per heavy atom. The molecule has 5 heteroatoms. The second kappa shape index (κ2) is 5.78. The Bertz CT molecular complexity index is 950. The summed E-state index contributed by atoms with van der Waals surface area (Å²) in [5.74, 6) is 1.50. The number of thiophene rings is 1. The Kier molecular flexibility index (Phi) is 3.48. The first kappa shape index (κ1) is 13.8. The predicted molar refractivity (Wildman–Crippen MR) is 95.6 cm³/mol. The zero-order valence-electron chi connectivity index (χ0n) is 12.5. The van der Waals surface area contributed by atoms with Gasteiger partial charge in [0, 0.05) is 30.4 Å². The molecule has 0 aliphatic carbocycles. The summed E-state index contributed by atoms with van der Waals surface area (Å²) in [6.07, 6.45) is 3.53. The van der Waals surface area contributed by atoms with Crippen LogP contribution >= 0.6 is 11.3 Å². The minimum atomic E-state index is 0.678. The van der Waals surface area contributed by atoms with Gasteiger partial charge in [-0.3, -0.25) is 4.98 Å². The van der Waals surface area contributed by atoms with Gasteiger partial charge in [-0.2, -0.15) is 11.3 Å². The van der Waals surface area contributed by atoms with Crippen molar-refractivity contribution in [3.05, 3.63) is 59.6 Å². The van der Waals surface area contributed by atoms with Crippen molar-refractivity contribution in [2.75, 3.05) is 12.4 Å². The maximum Gasteiger partial charge on any atom is 0.163 e. The summed E-state index contributed by atoms with van der Waals surface area (Å²) in [5.41, 5.74) is 4.21. The van der Waals surface area contributed by atoms with Gasteiger partial charge < -0.3 is 5.32 Å². The number of fused-ring (bicyclic) bond motifs is 1. The molecule has 4 rings (SSSR count). The van der Waals surface area contributed by atoms with Crippen molar-refractivity contribution in [1.29, 1.82) is 0 Å². The molecule has 0 spiro atoms. The number of pyridine rings is 1. The minimum absolute atomic E-state index is 0.678. The van der Waals surface area contributed by atoms with Crippen LogP contribution in [0.3, 0.4) is 0 Å². The van der Waals surface area contributed by atoms with Crippen LogP contribution in [-0.2, 0) is 0 Å². The molecule has 0 saturated heterocycles. The molecule has 112 valence electrons. The van der Waals surface area contributed by atoms with Crippen LogP contribution in [0.2, 0.25) is 0 Å². The Hall–Kier alpha value is -2.79. The van der Waals surface area contributed by atoms with E-state index in [1.807, 2.05) is 19.2 Å². The number of hydrogen-bond acceptors (Lipinski definition) is 5. The van der Waals surface area contributed by atoms with Gasteiger partial charge in [0.2, 0.25) is 0 Å². The van der Waals surface area contributed by atoms with Gasteiger partial charge in [-0.25, -0.2) is 9.97 Å². The number of aromatic nitrogens is 3. The van der Waals surface area contributed by atoms with Gasteiger partial charge in [0.1, 0.15) is 5.82 Å². The highest BCUT2D eigenvalue weighted by molar-refractivity contribution is 7.08. The van der Waals surface area contributed by atoms with E-state index in [0.29, 0.717) is 5.82 Å². The van der Waals surface area contributed by atoms with Crippen LogP contribution in [0.4, 0.5) is 5.82 Å². The molecule has 0 saturated carbocycles. The zero-order chi connectivity index (χ0) is 15.6. The highest BCUT2D eigenvalue weighted by Gasteiger charge is 2.10. The van der Waals surface area contributed by atoms with Gasteiger partial charge in [0.15, 0.2) is 5.82 Å². The molecule has 1 aromatic carbocycles. The van der Waals surface area contributed by atoms with Crippen LogP contribution in [0, 0.1) is 0 Å². The van der Waals surface area contributed by atoms with E-state index in [0.717, 1.165) is 27.8 Å². The molecule has 0 aliphatic heterocycles. The Balaban J connectivity index is 1.93. The number of anilines is 1. The highest BCUT2D eigenvalue weighted by atomic mass is 32.1. The fourth-order valence-corrected chi connectivity index (χ4v) is 3.22. The summed E-state index contributed by atoms with van der Waals surface area (Å²) in [6, 6.07) is 12.3. The van der Waals surface area contributed by atoms with Gasteiger partial charge in [-0.1, -0.05) is 6.07 Å². The van der Waals surface area contributed by atoms with E-state index >= 15 is 0 Å². The van der Waals surface area contributed by atoms with Crippen LogP contribution in [0.25, 0.3) is 33.4 Å². The molecule has 0 fully saturated rings. The van der Waals surface area contributed by atoms with E-state index < -0.39 is 0 Å². The van der Waals surface area contributed by atoms with Crippen LogP contribution in [0.15, 0.2) is 59.6 Å². The highest BCUT2D eigenvalue weighted by Crippen LogP contribution is 2.29. The molecule has 0 amide bonds. The lowest BCUT2D eigenvalue weighted by Gasteiger charge is -2.09. The lowest BCUT2D eigenvalue weighted by atomic mass is 10.1. The zero-order valence-corrected chi connectivity index (χ0v) is 13.3. The van der Waals surface area contributed by atoms with Gasteiger partial charge in [0.25, 0.3) is 0 Å². The molecule has 23 heavy (non-hydrogen) atoms. The van der Waals surface area contributed by atoms with Crippen molar-refractivity contribution >= 4 is 28.1 Å². The first-order valence-electron chi connectivity index (χ1n) is 7.27. The Morgan fingerprint density at radius 2 is 1.96 bits per heavy atom. The van der Waals surface area contributed by atoms with E-state index in [9.17, 15) is 0 Å². The third-order valence-electron chi connectivity index (χ3n) is 3.71. The quantitative estimate of drug-likeness (QED) is 0.606. The SMILES string of the molecule is CNc1nc(-c2cccnc2)nc2cc(-c3ccsc3)ccc12. The largest absolute Gasteiger partial charge is 0.373 e. The van der Waals surface area contributed by atoms with Crippen molar-refractivity contribution in [3.8, 4) is 22.5 Å². The summed E-state index contributed by atoms with van der Waals surface area (Å²) in [6.45, 7) is 0. The number of nitrogens with one attached hydrogen (secondary N) is 1. The Morgan fingerprint density at radius 1 is 1.00 bits per heavy atom. The average Bonchev–Trinajstić information content (AvgIpc) is 3.15. The molecule has 3 aromatic heterocycles. The number of hydrogen-bond donors (Lipinski definition) is 1. The molecule has 0 atom stereocenters. The third kappa shape index (κ3) is 2.55. The normalized spacial score (nSPS) is 10.8. The van der Waals surface area contributed by atoms with Crippen LogP contribution < -0.4 is 5.32 Å². The number of nitrogens with zero attached hydrogens (tertiary/aromatic N) is 3. The molecule has 1 N–H and O–H groups in total. The summed E-state index contributed by atoms with van der Waals surface area (Å²) in [5, 5.41) is 8.40. The van der Waals surface area contributed by atoms with Crippen molar-refractivity contribution in [3.63, 3.8) is 0 Å². The summed E-state index contributed by atoms with van der Waals surface area (Å²) in [4.78, 5) is 13.5. The lowest BCUT2D eigenvalue weighted by molar-refractivity contribution is 1.20. The summed E-state index contributed by atoms with van der Waals surface area (Å²) < 4.78 is 0. The number of benzene rings is 1. The maximum atomic E-state index is 4.74. The molecular formula is C18H14N4S. The summed E-state index contributed by atoms with van der Waals surface area (Å²) >= 11 is 1.69. The van der Waals surface area contributed by atoms with Crippen molar-refractivity contribution in [2.45, 2.75) is 0 Å². The average molecular weight is 318 g/mol. The summed E-state index contributed by atoms with van der Waals surface area (Å²) in [7, 11) is 1.88. The van der Waals surface area contributed by atoms with Gasteiger partial charge in [-0.05, 0) is 52.2 Å².